The standard InChI is InChI=1S/C11H13BN4O2/c1-8-7-16(11(13)15-8)14-6-9-4-2-3-5-10(9)12(17)18/h2-7,17-18H,1H3,(H2,13,15). The highest BCUT2D eigenvalue weighted by atomic mass is 16.4. The molecule has 1 aromatic carbocycles. The number of imidazole rings is 1. The van der Waals surface area contributed by atoms with Crippen molar-refractivity contribution in [3.05, 3.63) is 41.7 Å². The second kappa shape index (κ2) is 5.03. The van der Waals surface area contributed by atoms with Gasteiger partial charge in [-0.15, -0.1) is 0 Å². The maximum atomic E-state index is 9.21. The van der Waals surface area contributed by atoms with Crippen molar-refractivity contribution in [1.82, 2.24) is 9.66 Å². The van der Waals surface area contributed by atoms with Gasteiger partial charge in [0.2, 0.25) is 5.95 Å². The largest absolute Gasteiger partial charge is 0.489 e. The predicted octanol–water partition coefficient (Wildman–Crippen LogP) is -0.664. The van der Waals surface area contributed by atoms with Crippen molar-refractivity contribution >= 4 is 24.7 Å². The lowest BCUT2D eigenvalue weighted by atomic mass is 9.77. The maximum Gasteiger partial charge on any atom is 0.489 e. The van der Waals surface area contributed by atoms with Gasteiger partial charge in [-0.2, -0.15) is 5.10 Å². The summed E-state index contributed by atoms with van der Waals surface area (Å²) in [5, 5.41) is 22.5. The zero-order chi connectivity index (χ0) is 13.1. The Balaban J connectivity index is 2.32. The van der Waals surface area contributed by atoms with E-state index in [1.54, 1.807) is 30.5 Å². The van der Waals surface area contributed by atoms with Crippen LogP contribution in [0.15, 0.2) is 35.6 Å². The Labute approximate surface area is 105 Å². The molecule has 92 valence electrons. The second-order valence-corrected chi connectivity index (χ2v) is 3.83. The average Bonchev–Trinajstić information content (AvgIpc) is 2.65. The van der Waals surface area contributed by atoms with Gasteiger partial charge in [-0.25, -0.2) is 9.66 Å². The van der Waals surface area contributed by atoms with E-state index >= 15 is 0 Å². The van der Waals surface area contributed by atoms with Crippen LogP contribution in [0, 0.1) is 6.92 Å². The van der Waals surface area contributed by atoms with E-state index in [0.717, 1.165) is 5.69 Å². The van der Waals surface area contributed by atoms with Gasteiger partial charge in [-0.05, 0) is 17.9 Å². The fourth-order valence-electron chi connectivity index (χ4n) is 1.58. The van der Waals surface area contributed by atoms with E-state index in [4.69, 9.17) is 5.73 Å². The molecule has 0 fully saturated rings. The normalized spacial score (nSPS) is 11.1. The SMILES string of the molecule is Cc1cn(N=Cc2ccccc2B(O)O)c(N)n1. The molecule has 6 nitrogen and oxygen atoms in total. The number of nitrogens with zero attached hydrogens (tertiary/aromatic N) is 3. The van der Waals surface area contributed by atoms with E-state index in [9.17, 15) is 10.0 Å². The third kappa shape index (κ3) is 2.58. The van der Waals surface area contributed by atoms with Crippen LogP contribution in [0.4, 0.5) is 5.95 Å². The molecule has 0 aliphatic carbocycles. The lowest BCUT2D eigenvalue weighted by Gasteiger charge is -2.03. The fourth-order valence-corrected chi connectivity index (χ4v) is 1.58. The molecule has 0 aliphatic rings. The van der Waals surface area contributed by atoms with E-state index in [1.165, 1.54) is 10.9 Å². The van der Waals surface area contributed by atoms with Gasteiger partial charge in [0.1, 0.15) is 0 Å². The van der Waals surface area contributed by atoms with Crippen LogP contribution in [-0.2, 0) is 0 Å². The van der Waals surface area contributed by atoms with Gasteiger partial charge >= 0.3 is 7.12 Å². The van der Waals surface area contributed by atoms with Crippen molar-refractivity contribution in [2.45, 2.75) is 6.92 Å². The Morgan fingerprint density at radius 2 is 2.11 bits per heavy atom. The molecule has 0 radical (unpaired) electrons. The van der Waals surface area contributed by atoms with Crippen molar-refractivity contribution in [3.63, 3.8) is 0 Å². The molecule has 0 saturated carbocycles. The third-order valence-corrected chi connectivity index (χ3v) is 2.43. The van der Waals surface area contributed by atoms with E-state index in [0.29, 0.717) is 11.0 Å². The van der Waals surface area contributed by atoms with Crippen LogP contribution in [0.5, 0.6) is 0 Å². The average molecular weight is 244 g/mol. The molecular weight excluding hydrogens is 231 g/mol. The molecule has 0 spiro atoms. The first kappa shape index (κ1) is 12.3. The number of benzene rings is 1. The summed E-state index contributed by atoms with van der Waals surface area (Å²) in [5.41, 5.74) is 7.40. The summed E-state index contributed by atoms with van der Waals surface area (Å²) in [6, 6.07) is 6.87. The predicted molar refractivity (Wildman–Crippen MR) is 70.6 cm³/mol. The Morgan fingerprint density at radius 3 is 2.72 bits per heavy atom. The zero-order valence-corrected chi connectivity index (χ0v) is 9.85. The van der Waals surface area contributed by atoms with Gasteiger partial charge in [-0.1, -0.05) is 24.3 Å². The number of hydrogen-bond donors (Lipinski definition) is 3. The van der Waals surface area contributed by atoms with Crippen LogP contribution < -0.4 is 11.2 Å². The summed E-state index contributed by atoms with van der Waals surface area (Å²) in [7, 11) is -1.53. The lowest BCUT2D eigenvalue weighted by molar-refractivity contribution is 0.425. The molecule has 0 aliphatic heterocycles. The second-order valence-electron chi connectivity index (χ2n) is 3.83. The van der Waals surface area contributed by atoms with E-state index in [2.05, 4.69) is 10.1 Å². The molecule has 7 heteroatoms. The Morgan fingerprint density at radius 1 is 1.39 bits per heavy atom. The van der Waals surface area contributed by atoms with Crippen molar-refractivity contribution < 1.29 is 10.0 Å². The molecule has 1 aromatic heterocycles. The van der Waals surface area contributed by atoms with Gasteiger partial charge in [-0.3, -0.25) is 0 Å². The molecule has 0 atom stereocenters. The van der Waals surface area contributed by atoms with E-state index in [-0.39, 0.29) is 5.95 Å². The Hall–Kier alpha value is -2.12. The van der Waals surface area contributed by atoms with Crippen molar-refractivity contribution in [2.75, 3.05) is 5.73 Å². The van der Waals surface area contributed by atoms with Gasteiger partial charge in [0.15, 0.2) is 0 Å². The number of hydrogen-bond acceptors (Lipinski definition) is 5. The summed E-state index contributed by atoms with van der Waals surface area (Å²) >= 11 is 0. The molecule has 1 heterocycles. The first-order valence-electron chi connectivity index (χ1n) is 5.39. The monoisotopic (exact) mass is 244 g/mol. The van der Waals surface area contributed by atoms with Gasteiger partial charge in [0, 0.05) is 0 Å². The highest BCUT2D eigenvalue weighted by Crippen LogP contribution is 2.03. The minimum atomic E-state index is -1.53. The van der Waals surface area contributed by atoms with E-state index in [1.807, 2.05) is 6.92 Å². The quantitative estimate of drug-likeness (QED) is 0.493. The first-order valence-corrected chi connectivity index (χ1v) is 5.39. The van der Waals surface area contributed by atoms with Crippen LogP contribution in [0.2, 0.25) is 0 Å². The first-order chi connectivity index (χ1) is 8.58. The van der Waals surface area contributed by atoms with Gasteiger partial charge in [0.25, 0.3) is 0 Å². The molecule has 4 N–H and O–H groups in total. The van der Waals surface area contributed by atoms with Crippen LogP contribution in [0.3, 0.4) is 0 Å². The molecule has 0 bridgehead atoms. The number of rotatable bonds is 3. The highest BCUT2D eigenvalue weighted by molar-refractivity contribution is 6.60. The van der Waals surface area contributed by atoms with Gasteiger partial charge in [0.05, 0.1) is 18.1 Å². The van der Waals surface area contributed by atoms with E-state index < -0.39 is 7.12 Å². The number of anilines is 1. The smallest absolute Gasteiger partial charge is 0.423 e. The van der Waals surface area contributed by atoms with Crippen LogP contribution >= 0.6 is 0 Å². The summed E-state index contributed by atoms with van der Waals surface area (Å²) in [5.74, 6) is 0.283. The summed E-state index contributed by atoms with van der Waals surface area (Å²) < 4.78 is 1.43. The minimum Gasteiger partial charge on any atom is -0.423 e. The molecule has 2 aromatic rings. The fraction of sp³-hybridized carbons (Fsp3) is 0.0909. The molecule has 18 heavy (non-hydrogen) atoms. The van der Waals surface area contributed by atoms with Crippen LogP contribution in [-0.4, -0.2) is 33.0 Å². The summed E-state index contributed by atoms with van der Waals surface area (Å²) in [6.45, 7) is 1.81. The van der Waals surface area contributed by atoms with Crippen LogP contribution in [0.25, 0.3) is 0 Å². The number of aromatic nitrogens is 2. The molecule has 0 amide bonds. The molecule has 0 unspecified atom stereocenters. The van der Waals surface area contributed by atoms with Crippen molar-refractivity contribution in [2.24, 2.45) is 5.10 Å². The van der Waals surface area contributed by atoms with Crippen molar-refractivity contribution in [1.29, 1.82) is 0 Å². The topological polar surface area (TPSA) is 96.7 Å². The Kier molecular flexibility index (Phi) is 3.45. The maximum absolute atomic E-state index is 9.21. The lowest BCUT2D eigenvalue weighted by Crippen LogP contribution is -2.32. The Bertz CT molecular complexity index is 580. The van der Waals surface area contributed by atoms with Gasteiger partial charge < -0.3 is 15.8 Å². The molecule has 2 rings (SSSR count). The number of nitrogens with two attached hydrogens (primary N) is 1. The summed E-state index contributed by atoms with van der Waals surface area (Å²) in [4.78, 5) is 4.01. The van der Waals surface area contributed by atoms with Crippen LogP contribution in [0.1, 0.15) is 11.3 Å². The highest BCUT2D eigenvalue weighted by Gasteiger charge is 2.13. The number of aryl methyl sites for hydroxylation is 1. The molecule has 0 saturated heterocycles. The molecular formula is C11H13BN4O2. The third-order valence-electron chi connectivity index (χ3n) is 2.43. The number of nitrogen functional groups attached to an aromatic ring is 1. The zero-order valence-electron chi connectivity index (χ0n) is 9.85. The van der Waals surface area contributed by atoms with Crippen molar-refractivity contribution in [3.8, 4) is 0 Å². The minimum absolute atomic E-state index is 0.283. The summed E-state index contributed by atoms with van der Waals surface area (Å²) in [6.07, 6.45) is 3.19.